The molecule has 1 aromatic rings. The Balaban J connectivity index is 2.60. The van der Waals surface area contributed by atoms with Crippen molar-refractivity contribution in [3.63, 3.8) is 0 Å². The van der Waals surface area contributed by atoms with Gasteiger partial charge in [-0.1, -0.05) is 48.7 Å². The number of hydrogen-bond donors (Lipinski definition) is 0. The summed E-state index contributed by atoms with van der Waals surface area (Å²) in [6.07, 6.45) is -0.303. The summed E-state index contributed by atoms with van der Waals surface area (Å²) in [6.45, 7) is 11.5. The lowest BCUT2D eigenvalue weighted by atomic mass is 10.2. The Morgan fingerprint density at radius 1 is 1.22 bits per heavy atom. The Labute approximate surface area is 143 Å². The van der Waals surface area contributed by atoms with Gasteiger partial charge in [0.1, 0.15) is 6.61 Å². The van der Waals surface area contributed by atoms with Gasteiger partial charge in [0.15, 0.2) is 8.32 Å². The molecule has 0 heterocycles. The van der Waals surface area contributed by atoms with Crippen LogP contribution in [0.25, 0.3) is 0 Å². The quantitative estimate of drug-likeness (QED) is 0.403. The average molecular weight is 353 g/mol. The van der Waals surface area contributed by atoms with Crippen LogP contribution in [0.3, 0.4) is 0 Å². The second-order valence-corrected chi connectivity index (χ2v) is 11.6. The lowest BCUT2D eigenvalue weighted by Crippen LogP contribution is -2.37. The van der Waals surface area contributed by atoms with E-state index in [-0.39, 0.29) is 17.8 Å². The lowest BCUT2D eigenvalue weighted by molar-refractivity contribution is -0.141. The largest absolute Gasteiger partial charge is 0.460 e. The summed E-state index contributed by atoms with van der Waals surface area (Å²) in [5.74, 6) is 0.00938. The summed E-state index contributed by atoms with van der Waals surface area (Å²) in [7, 11) is -1.81. The molecule has 0 aliphatic heterocycles. The fourth-order valence-electron chi connectivity index (χ4n) is 1.73. The lowest BCUT2D eigenvalue weighted by Gasteiger charge is -2.25. The minimum atomic E-state index is -1.81. The highest BCUT2D eigenvalue weighted by atomic mass is 32.2. The molecule has 6 heteroatoms. The third-order valence-electron chi connectivity index (χ3n) is 2.68. The fraction of sp³-hybridized carbons (Fsp3) is 0.412. The third kappa shape index (κ3) is 8.15. The number of thioether (sulfide) groups is 1. The summed E-state index contributed by atoms with van der Waals surface area (Å²) in [4.78, 5) is 23.7. The van der Waals surface area contributed by atoms with E-state index in [2.05, 4.69) is 26.2 Å². The summed E-state index contributed by atoms with van der Waals surface area (Å²) in [5.41, 5.74) is 1.01. The molecule has 1 atom stereocenters. The Hall–Kier alpha value is -1.37. The topological polar surface area (TPSA) is 52.6 Å². The van der Waals surface area contributed by atoms with Gasteiger partial charge in [-0.3, -0.25) is 4.79 Å². The molecule has 0 bridgehead atoms. The number of carbonyl (C=O) groups excluding carboxylic acids is 2. The van der Waals surface area contributed by atoms with Gasteiger partial charge in [-0.25, -0.2) is 4.79 Å². The minimum Gasteiger partial charge on any atom is -0.460 e. The van der Waals surface area contributed by atoms with Gasteiger partial charge in [0.25, 0.3) is 0 Å². The van der Waals surface area contributed by atoms with Crippen LogP contribution in [-0.4, -0.2) is 37.9 Å². The zero-order valence-electron chi connectivity index (χ0n) is 14.1. The molecule has 0 saturated heterocycles. The van der Waals surface area contributed by atoms with Crippen LogP contribution in [0.15, 0.2) is 42.5 Å². The zero-order chi connectivity index (χ0) is 17.5. The number of hydrogen-bond acceptors (Lipinski definition) is 5. The molecule has 0 aliphatic carbocycles. The Bertz CT molecular complexity index is 551. The average Bonchev–Trinajstić information content (AvgIpc) is 2.48. The molecular formula is C17H24O4SSi. The third-order valence-corrected chi connectivity index (χ3v) is 4.76. The van der Waals surface area contributed by atoms with Gasteiger partial charge in [-0.15, -0.1) is 0 Å². The predicted molar refractivity (Wildman–Crippen MR) is 97.2 cm³/mol. The molecule has 4 nitrogen and oxygen atoms in total. The van der Waals surface area contributed by atoms with Crippen LogP contribution in [0.4, 0.5) is 0 Å². The Morgan fingerprint density at radius 3 is 2.35 bits per heavy atom. The van der Waals surface area contributed by atoms with Gasteiger partial charge in [0.05, 0.1) is 6.10 Å². The van der Waals surface area contributed by atoms with E-state index in [1.165, 1.54) is 11.8 Å². The molecule has 0 spiro atoms. The van der Waals surface area contributed by atoms with Gasteiger partial charge in [-0.2, -0.15) is 0 Å². The number of esters is 1. The van der Waals surface area contributed by atoms with E-state index in [1.807, 2.05) is 18.2 Å². The van der Waals surface area contributed by atoms with Crippen LogP contribution in [0.5, 0.6) is 0 Å². The molecule has 0 fully saturated rings. The second-order valence-electron chi connectivity index (χ2n) is 6.20. The van der Waals surface area contributed by atoms with E-state index in [0.29, 0.717) is 16.9 Å². The van der Waals surface area contributed by atoms with Crippen molar-refractivity contribution >= 4 is 31.2 Å². The highest BCUT2D eigenvalue weighted by molar-refractivity contribution is 8.14. The molecular weight excluding hydrogens is 328 g/mol. The molecule has 0 aliphatic rings. The van der Waals surface area contributed by atoms with Crippen molar-refractivity contribution in [2.45, 2.75) is 32.7 Å². The molecule has 0 aromatic heterocycles. The molecule has 1 rings (SSSR count). The molecule has 0 amide bonds. The van der Waals surface area contributed by atoms with Crippen LogP contribution < -0.4 is 0 Å². The number of benzene rings is 1. The van der Waals surface area contributed by atoms with E-state index < -0.39 is 14.3 Å². The Morgan fingerprint density at radius 2 is 1.83 bits per heavy atom. The fourth-order valence-corrected chi connectivity index (χ4v) is 3.81. The summed E-state index contributed by atoms with van der Waals surface area (Å²) < 4.78 is 11.2. The van der Waals surface area contributed by atoms with Crippen molar-refractivity contribution < 1.29 is 18.8 Å². The summed E-state index contributed by atoms with van der Waals surface area (Å²) in [5, 5.41) is -0.0130. The first kappa shape index (κ1) is 19.7. The maximum absolute atomic E-state index is 12.2. The standard InChI is InChI=1S/C17H24O4SSi/c1-13(2)16(18)20-11-15(21-23(3,4)5)12-22-17(19)14-9-7-6-8-10-14/h6-10,15H,1,11-12H2,2-5H3. The highest BCUT2D eigenvalue weighted by Gasteiger charge is 2.23. The second kappa shape index (κ2) is 9.05. The van der Waals surface area contributed by atoms with Crippen LogP contribution >= 0.6 is 11.8 Å². The van der Waals surface area contributed by atoms with E-state index >= 15 is 0 Å². The molecule has 1 aromatic carbocycles. The maximum atomic E-state index is 12.2. The monoisotopic (exact) mass is 352 g/mol. The van der Waals surface area contributed by atoms with Crippen molar-refractivity contribution in [3.8, 4) is 0 Å². The van der Waals surface area contributed by atoms with Crippen LogP contribution in [0.1, 0.15) is 17.3 Å². The van der Waals surface area contributed by atoms with E-state index in [1.54, 1.807) is 19.1 Å². The smallest absolute Gasteiger partial charge is 0.333 e. The van der Waals surface area contributed by atoms with Gasteiger partial charge in [0, 0.05) is 16.9 Å². The Kier molecular flexibility index (Phi) is 7.74. The van der Waals surface area contributed by atoms with Gasteiger partial charge in [-0.05, 0) is 26.6 Å². The van der Waals surface area contributed by atoms with Crippen LogP contribution in [-0.2, 0) is 14.0 Å². The van der Waals surface area contributed by atoms with Crippen molar-refractivity contribution in [1.29, 1.82) is 0 Å². The van der Waals surface area contributed by atoms with Crippen molar-refractivity contribution in [2.75, 3.05) is 12.4 Å². The first-order valence-corrected chi connectivity index (χ1v) is 11.8. The van der Waals surface area contributed by atoms with Gasteiger partial charge < -0.3 is 9.16 Å². The molecule has 23 heavy (non-hydrogen) atoms. The van der Waals surface area contributed by atoms with Gasteiger partial charge >= 0.3 is 5.97 Å². The summed E-state index contributed by atoms with van der Waals surface area (Å²) >= 11 is 1.18. The van der Waals surface area contributed by atoms with Crippen molar-refractivity contribution in [3.05, 3.63) is 48.0 Å². The van der Waals surface area contributed by atoms with Crippen molar-refractivity contribution in [1.82, 2.24) is 0 Å². The maximum Gasteiger partial charge on any atom is 0.333 e. The molecule has 126 valence electrons. The predicted octanol–water partition coefficient (Wildman–Crippen LogP) is 3.90. The molecule has 0 saturated carbocycles. The first-order chi connectivity index (χ1) is 10.7. The molecule has 0 N–H and O–H groups in total. The summed E-state index contributed by atoms with van der Waals surface area (Å²) in [6, 6.07) is 9.10. The van der Waals surface area contributed by atoms with Crippen molar-refractivity contribution in [2.24, 2.45) is 0 Å². The number of ether oxygens (including phenoxy) is 1. The van der Waals surface area contributed by atoms with Crippen LogP contribution in [0.2, 0.25) is 19.6 Å². The zero-order valence-corrected chi connectivity index (χ0v) is 15.9. The van der Waals surface area contributed by atoms with E-state index in [0.717, 1.165) is 0 Å². The first-order valence-electron chi connectivity index (χ1n) is 7.41. The van der Waals surface area contributed by atoms with E-state index in [9.17, 15) is 9.59 Å². The normalized spacial score (nSPS) is 12.5. The highest BCUT2D eigenvalue weighted by Crippen LogP contribution is 2.17. The number of rotatable bonds is 8. The van der Waals surface area contributed by atoms with E-state index in [4.69, 9.17) is 9.16 Å². The molecule has 0 radical (unpaired) electrons. The number of carbonyl (C=O) groups is 2. The molecule has 1 unspecified atom stereocenters. The minimum absolute atomic E-state index is 0.0130. The van der Waals surface area contributed by atoms with Crippen LogP contribution in [0, 0.1) is 0 Å². The SMILES string of the molecule is C=C(C)C(=O)OCC(CSC(=O)c1ccccc1)O[Si](C)(C)C. The van der Waals surface area contributed by atoms with Gasteiger partial charge in [0.2, 0.25) is 5.12 Å².